The highest BCUT2D eigenvalue weighted by atomic mass is 79.9. The number of nitrogens with zero attached hydrogens (tertiary/aromatic N) is 1. The minimum absolute atomic E-state index is 0.0544. The smallest absolute Gasteiger partial charge is 0.123 e. The summed E-state index contributed by atoms with van der Waals surface area (Å²) in [5, 5.41) is 9.79. The number of hydrogen-bond donors (Lipinski definition) is 1. The summed E-state index contributed by atoms with van der Waals surface area (Å²) in [7, 11) is 5.70. The first-order chi connectivity index (χ1) is 9.04. The lowest BCUT2D eigenvalue weighted by Gasteiger charge is -2.48. The van der Waals surface area contributed by atoms with Crippen LogP contribution in [0, 0.1) is 5.41 Å². The van der Waals surface area contributed by atoms with Gasteiger partial charge in [-0.2, -0.15) is 0 Å². The first-order valence-electron chi connectivity index (χ1n) is 6.22. The van der Waals surface area contributed by atoms with Gasteiger partial charge in [0.1, 0.15) is 5.75 Å². The molecule has 1 aliphatic rings. The van der Waals surface area contributed by atoms with E-state index >= 15 is 0 Å². The molecular weight excluding hydrogens is 310 g/mol. The van der Waals surface area contributed by atoms with Crippen molar-refractivity contribution in [3.63, 3.8) is 0 Å². The molecule has 106 valence electrons. The molecule has 1 aromatic carbocycles. The number of methoxy groups -OCH3 is 1. The Morgan fingerprint density at radius 2 is 2.16 bits per heavy atom. The highest BCUT2D eigenvalue weighted by Gasteiger charge is 2.48. The third kappa shape index (κ3) is 2.65. The van der Waals surface area contributed by atoms with E-state index in [2.05, 4.69) is 26.9 Å². The number of benzene rings is 1. The normalized spacial score (nSPS) is 19.1. The maximum atomic E-state index is 9.79. The third-order valence-electron chi connectivity index (χ3n) is 3.68. The Kier molecular flexibility index (Phi) is 4.50. The van der Waals surface area contributed by atoms with Crippen molar-refractivity contribution in [3.8, 4) is 5.75 Å². The Hall–Kier alpha value is -0.620. The number of aliphatic hydroxyl groups is 1. The molecule has 0 radical (unpaired) electrons. The van der Waals surface area contributed by atoms with E-state index < -0.39 is 0 Å². The molecule has 1 unspecified atom stereocenters. The summed E-state index contributed by atoms with van der Waals surface area (Å²) in [6.07, 6.45) is 0. The van der Waals surface area contributed by atoms with Gasteiger partial charge in [0.25, 0.3) is 0 Å². The van der Waals surface area contributed by atoms with Gasteiger partial charge in [-0.1, -0.05) is 15.9 Å². The number of rotatable bonds is 5. The lowest BCUT2D eigenvalue weighted by molar-refractivity contribution is -0.172. The van der Waals surface area contributed by atoms with Crippen LogP contribution in [0.4, 0.5) is 0 Å². The summed E-state index contributed by atoms with van der Waals surface area (Å²) in [6.45, 7) is 1.25. The van der Waals surface area contributed by atoms with E-state index in [4.69, 9.17) is 9.47 Å². The second kappa shape index (κ2) is 5.79. The SMILES string of the molecule is COc1ccc(Br)cc1C(N(C)C)C1(CO)COC1. The standard InChI is InChI=1S/C14H20BrNO3/c1-16(2)13(14(7-17)8-19-9-14)11-6-10(15)4-5-12(11)18-3/h4-6,13,17H,7-9H2,1-3H3. The predicted molar refractivity (Wildman–Crippen MR) is 77.5 cm³/mol. The Bertz CT molecular complexity index is 441. The van der Waals surface area contributed by atoms with Gasteiger partial charge in [-0.15, -0.1) is 0 Å². The van der Waals surface area contributed by atoms with E-state index in [0.29, 0.717) is 13.2 Å². The Morgan fingerprint density at radius 1 is 1.47 bits per heavy atom. The summed E-state index contributed by atoms with van der Waals surface area (Å²) in [5.41, 5.74) is 0.816. The molecule has 4 nitrogen and oxygen atoms in total. The number of aliphatic hydroxyl groups excluding tert-OH is 1. The fraction of sp³-hybridized carbons (Fsp3) is 0.571. The largest absolute Gasteiger partial charge is 0.496 e. The molecule has 1 fully saturated rings. The minimum atomic E-state index is -0.252. The van der Waals surface area contributed by atoms with Gasteiger partial charge >= 0.3 is 0 Å². The van der Waals surface area contributed by atoms with Crippen molar-refractivity contribution in [2.45, 2.75) is 6.04 Å². The van der Waals surface area contributed by atoms with Crippen molar-refractivity contribution >= 4 is 15.9 Å². The second-order valence-electron chi connectivity index (χ2n) is 5.27. The van der Waals surface area contributed by atoms with Gasteiger partial charge in [0, 0.05) is 10.0 Å². The molecule has 19 heavy (non-hydrogen) atoms. The van der Waals surface area contributed by atoms with Gasteiger partial charge in [0.2, 0.25) is 0 Å². The maximum absolute atomic E-state index is 9.79. The van der Waals surface area contributed by atoms with Crippen molar-refractivity contribution in [2.75, 3.05) is 41.0 Å². The molecule has 0 bridgehead atoms. The summed E-state index contributed by atoms with van der Waals surface area (Å²) in [6, 6.07) is 6.01. The van der Waals surface area contributed by atoms with Gasteiger partial charge in [-0.05, 0) is 32.3 Å². The van der Waals surface area contributed by atoms with Gasteiger partial charge in [0.15, 0.2) is 0 Å². The molecule has 0 aliphatic carbocycles. The summed E-state index contributed by atoms with van der Waals surface area (Å²) in [4.78, 5) is 2.11. The molecule has 1 saturated heterocycles. The first-order valence-corrected chi connectivity index (χ1v) is 7.02. The Balaban J connectivity index is 2.47. The molecule has 0 aromatic heterocycles. The molecule has 5 heteroatoms. The number of halogens is 1. The highest BCUT2D eigenvalue weighted by molar-refractivity contribution is 9.10. The lowest BCUT2D eigenvalue weighted by atomic mass is 9.75. The monoisotopic (exact) mass is 329 g/mol. The molecule has 0 amide bonds. The average molecular weight is 330 g/mol. The van der Waals surface area contributed by atoms with Crippen molar-refractivity contribution in [2.24, 2.45) is 5.41 Å². The van der Waals surface area contributed by atoms with Crippen LogP contribution in [0.3, 0.4) is 0 Å². The van der Waals surface area contributed by atoms with E-state index in [9.17, 15) is 5.11 Å². The molecule has 1 atom stereocenters. The maximum Gasteiger partial charge on any atom is 0.123 e. The van der Waals surface area contributed by atoms with Crippen LogP contribution in [-0.2, 0) is 4.74 Å². The van der Waals surface area contributed by atoms with Crippen LogP contribution >= 0.6 is 15.9 Å². The molecule has 1 aliphatic heterocycles. The summed E-state index contributed by atoms with van der Waals surface area (Å²) >= 11 is 3.50. The number of hydrogen-bond acceptors (Lipinski definition) is 4. The first kappa shape index (κ1) is 14.8. The van der Waals surface area contributed by atoms with E-state index in [1.807, 2.05) is 26.2 Å². The third-order valence-corrected chi connectivity index (χ3v) is 4.17. The molecule has 0 saturated carbocycles. The molecule has 1 aromatic rings. The Morgan fingerprint density at radius 3 is 2.58 bits per heavy atom. The van der Waals surface area contributed by atoms with Crippen LogP contribution in [0.2, 0.25) is 0 Å². The zero-order chi connectivity index (χ0) is 14.0. The zero-order valence-electron chi connectivity index (χ0n) is 11.5. The topological polar surface area (TPSA) is 41.9 Å². The summed E-state index contributed by atoms with van der Waals surface area (Å²) in [5.74, 6) is 0.835. The second-order valence-corrected chi connectivity index (χ2v) is 6.18. The quantitative estimate of drug-likeness (QED) is 0.898. The van der Waals surface area contributed by atoms with Crippen molar-refractivity contribution < 1.29 is 14.6 Å². The van der Waals surface area contributed by atoms with Gasteiger partial charge < -0.3 is 19.5 Å². The van der Waals surface area contributed by atoms with E-state index in [0.717, 1.165) is 15.8 Å². The molecule has 1 heterocycles. The molecular formula is C14H20BrNO3. The van der Waals surface area contributed by atoms with Crippen LogP contribution in [0.5, 0.6) is 5.75 Å². The number of ether oxygens (including phenoxy) is 2. The summed E-state index contributed by atoms with van der Waals surface area (Å²) < 4.78 is 11.8. The van der Waals surface area contributed by atoms with Crippen molar-refractivity contribution in [3.05, 3.63) is 28.2 Å². The average Bonchev–Trinajstić information content (AvgIpc) is 2.33. The van der Waals surface area contributed by atoms with Crippen molar-refractivity contribution in [1.29, 1.82) is 0 Å². The zero-order valence-corrected chi connectivity index (χ0v) is 13.1. The lowest BCUT2D eigenvalue weighted by Crippen LogP contribution is -2.54. The van der Waals surface area contributed by atoms with Crippen molar-refractivity contribution in [1.82, 2.24) is 4.90 Å². The van der Waals surface area contributed by atoms with Crippen LogP contribution in [-0.4, -0.2) is 51.0 Å². The van der Waals surface area contributed by atoms with Gasteiger partial charge in [0.05, 0.1) is 38.4 Å². The fourth-order valence-electron chi connectivity index (χ4n) is 2.77. The van der Waals surface area contributed by atoms with Crippen LogP contribution < -0.4 is 4.74 Å². The fourth-order valence-corrected chi connectivity index (χ4v) is 3.15. The minimum Gasteiger partial charge on any atom is -0.496 e. The molecule has 2 rings (SSSR count). The van der Waals surface area contributed by atoms with E-state index in [1.54, 1.807) is 7.11 Å². The van der Waals surface area contributed by atoms with Gasteiger partial charge in [-0.3, -0.25) is 0 Å². The van der Waals surface area contributed by atoms with Crippen LogP contribution in [0.1, 0.15) is 11.6 Å². The van der Waals surface area contributed by atoms with E-state index in [-0.39, 0.29) is 18.1 Å². The van der Waals surface area contributed by atoms with E-state index in [1.165, 1.54) is 0 Å². The molecule has 1 N–H and O–H groups in total. The van der Waals surface area contributed by atoms with Crippen LogP contribution in [0.15, 0.2) is 22.7 Å². The molecule has 0 spiro atoms. The van der Waals surface area contributed by atoms with Gasteiger partial charge in [-0.25, -0.2) is 0 Å². The van der Waals surface area contributed by atoms with Crippen LogP contribution in [0.25, 0.3) is 0 Å². The Labute approximate surface area is 122 Å². The highest BCUT2D eigenvalue weighted by Crippen LogP contribution is 2.46. The predicted octanol–water partition coefficient (Wildman–Crippen LogP) is 2.07.